The first-order chi connectivity index (χ1) is 12.4. The molecule has 0 saturated carbocycles. The van der Waals surface area contributed by atoms with E-state index in [-0.39, 0.29) is 0 Å². The van der Waals surface area contributed by atoms with E-state index in [2.05, 4.69) is 4.98 Å². The minimum absolute atomic E-state index is 0.661. The number of thioether (sulfide) groups is 1. The molecule has 2 aromatic carbocycles. The Bertz CT molecular complexity index is 801. The van der Waals surface area contributed by atoms with Gasteiger partial charge in [-0.1, -0.05) is 11.8 Å². The van der Waals surface area contributed by atoms with Crippen LogP contribution in [0.5, 0.6) is 11.5 Å². The van der Waals surface area contributed by atoms with Crippen LogP contribution >= 0.6 is 11.8 Å². The van der Waals surface area contributed by atoms with Crippen LogP contribution in [0.2, 0.25) is 0 Å². The molecule has 6 heteroatoms. The maximum atomic E-state index is 10.1. The molecule has 0 atom stereocenters. The number of hydrogen-bond acceptors (Lipinski definition) is 5. The second-order valence-electron chi connectivity index (χ2n) is 6.27. The van der Waals surface area contributed by atoms with Gasteiger partial charge < -0.3 is 19.6 Å². The van der Waals surface area contributed by atoms with Crippen LogP contribution in [0, 0.1) is 0 Å². The van der Waals surface area contributed by atoms with E-state index in [9.17, 15) is 5.11 Å². The predicted molar refractivity (Wildman–Crippen MR) is 105 cm³/mol. The lowest BCUT2D eigenvalue weighted by molar-refractivity contribution is 0.179. The largest absolute Gasteiger partial charge is 0.497 e. The summed E-state index contributed by atoms with van der Waals surface area (Å²) in [6.45, 7) is 3.47. The maximum absolute atomic E-state index is 10.1. The van der Waals surface area contributed by atoms with E-state index in [1.54, 1.807) is 28.1 Å². The predicted octanol–water partition coefficient (Wildman–Crippen LogP) is 4.58. The molecule has 26 heavy (non-hydrogen) atoms. The van der Waals surface area contributed by atoms with Gasteiger partial charge in [0.15, 0.2) is 5.16 Å². The van der Waals surface area contributed by atoms with Crippen molar-refractivity contribution in [2.24, 2.45) is 0 Å². The van der Waals surface area contributed by atoms with Crippen molar-refractivity contribution in [1.82, 2.24) is 9.97 Å². The number of ether oxygens (including phenoxy) is 2. The van der Waals surface area contributed by atoms with Gasteiger partial charge in [0.2, 0.25) is 0 Å². The van der Waals surface area contributed by atoms with Crippen LogP contribution in [-0.4, -0.2) is 34.2 Å². The molecule has 0 saturated heterocycles. The molecule has 0 amide bonds. The maximum Gasteiger partial charge on any atom is 0.169 e. The van der Waals surface area contributed by atoms with Crippen molar-refractivity contribution in [1.29, 1.82) is 0 Å². The molecule has 0 aliphatic carbocycles. The Kier molecular flexibility index (Phi) is 5.25. The zero-order valence-corrected chi connectivity index (χ0v) is 16.1. The molecule has 1 heterocycles. The summed E-state index contributed by atoms with van der Waals surface area (Å²) < 4.78 is 10.5. The molecule has 5 nitrogen and oxygen atoms in total. The lowest BCUT2D eigenvalue weighted by Gasteiger charge is -2.13. The molecule has 0 spiro atoms. The first-order valence-electron chi connectivity index (χ1n) is 8.20. The van der Waals surface area contributed by atoms with E-state index < -0.39 is 4.93 Å². The van der Waals surface area contributed by atoms with Crippen molar-refractivity contribution < 1.29 is 14.6 Å². The average Bonchev–Trinajstić information content (AvgIpc) is 3.03. The number of methoxy groups -OCH3 is 2. The van der Waals surface area contributed by atoms with Gasteiger partial charge in [-0.15, -0.1) is 0 Å². The van der Waals surface area contributed by atoms with Crippen LogP contribution in [0.25, 0.3) is 22.5 Å². The van der Waals surface area contributed by atoms with Crippen molar-refractivity contribution in [3.8, 4) is 34.0 Å². The van der Waals surface area contributed by atoms with Gasteiger partial charge in [0, 0.05) is 11.1 Å². The number of aromatic nitrogens is 2. The molecule has 3 aromatic rings. The summed E-state index contributed by atoms with van der Waals surface area (Å²) in [6.07, 6.45) is 0. The zero-order valence-electron chi connectivity index (χ0n) is 15.2. The summed E-state index contributed by atoms with van der Waals surface area (Å²) in [4.78, 5) is 7.13. The van der Waals surface area contributed by atoms with Crippen molar-refractivity contribution in [2.75, 3.05) is 14.2 Å². The van der Waals surface area contributed by atoms with Crippen molar-refractivity contribution in [3.05, 3.63) is 48.5 Å². The average molecular weight is 370 g/mol. The molecule has 0 fully saturated rings. The van der Waals surface area contributed by atoms with Crippen molar-refractivity contribution in [2.45, 2.75) is 23.9 Å². The molecule has 0 aliphatic rings. The quantitative estimate of drug-likeness (QED) is 0.491. The summed E-state index contributed by atoms with van der Waals surface area (Å²) in [6, 6.07) is 15.6. The summed E-state index contributed by atoms with van der Waals surface area (Å²) in [5.41, 5.74) is 3.68. The standard InChI is InChI=1S/C20H22N2O3S/c1-20(2,23)26-19-21-17(13-5-9-15(24-3)10-6-13)18(22-19)14-7-11-16(25-4)12-8-14/h5-12,23H,1-4H3,(H,21,22). The SMILES string of the molecule is COc1ccc(-c2nc(SC(C)(C)O)[nH]c2-c2ccc(OC)cc2)cc1. The topological polar surface area (TPSA) is 67.4 Å². The van der Waals surface area contributed by atoms with Crippen molar-refractivity contribution in [3.63, 3.8) is 0 Å². The fourth-order valence-electron chi connectivity index (χ4n) is 2.56. The highest BCUT2D eigenvalue weighted by Crippen LogP contribution is 2.36. The van der Waals surface area contributed by atoms with Gasteiger partial charge in [-0.3, -0.25) is 0 Å². The summed E-state index contributed by atoms with van der Waals surface area (Å²) in [5, 5.41) is 10.8. The first kappa shape index (κ1) is 18.4. The van der Waals surface area contributed by atoms with E-state index in [1.807, 2.05) is 48.5 Å². The van der Waals surface area contributed by atoms with Gasteiger partial charge in [-0.2, -0.15) is 0 Å². The Labute approximate surface area is 157 Å². The Morgan fingerprint density at radius 3 is 1.85 bits per heavy atom. The molecule has 0 aliphatic heterocycles. The number of imidazole rings is 1. The number of rotatable bonds is 6. The molecule has 2 N–H and O–H groups in total. The monoisotopic (exact) mass is 370 g/mol. The lowest BCUT2D eigenvalue weighted by atomic mass is 10.0. The second kappa shape index (κ2) is 7.43. The third-order valence-electron chi connectivity index (χ3n) is 3.77. The summed E-state index contributed by atoms with van der Waals surface area (Å²) >= 11 is 1.28. The van der Waals surface area contributed by atoms with Crippen LogP contribution in [0.15, 0.2) is 53.7 Å². The number of H-pyrrole nitrogens is 1. The molecular weight excluding hydrogens is 348 g/mol. The first-order valence-corrected chi connectivity index (χ1v) is 9.01. The molecular formula is C20H22N2O3S. The fraction of sp³-hybridized carbons (Fsp3) is 0.250. The highest BCUT2D eigenvalue weighted by Gasteiger charge is 2.20. The number of nitrogens with one attached hydrogen (secondary N) is 1. The Morgan fingerprint density at radius 1 is 0.885 bits per heavy atom. The van der Waals surface area contributed by atoms with Crippen LogP contribution < -0.4 is 9.47 Å². The van der Waals surface area contributed by atoms with Crippen LogP contribution in [0.3, 0.4) is 0 Å². The number of hydrogen-bond donors (Lipinski definition) is 2. The molecule has 136 valence electrons. The van der Waals surface area contributed by atoms with Gasteiger partial charge in [0.1, 0.15) is 16.4 Å². The number of benzene rings is 2. The van der Waals surface area contributed by atoms with Crippen LogP contribution in [0.1, 0.15) is 13.8 Å². The minimum atomic E-state index is -0.924. The third-order valence-corrected chi connectivity index (χ3v) is 4.66. The molecule has 1 aromatic heterocycles. The number of aromatic amines is 1. The Hall–Kier alpha value is -2.44. The van der Waals surface area contributed by atoms with Gasteiger partial charge in [-0.25, -0.2) is 4.98 Å². The third kappa shape index (κ3) is 4.20. The van der Waals surface area contributed by atoms with E-state index in [4.69, 9.17) is 14.5 Å². The van der Waals surface area contributed by atoms with Gasteiger partial charge in [-0.05, 0) is 62.4 Å². The van der Waals surface area contributed by atoms with Crippen molar-refractivity contribution >= 4 is 11.8 Å². The van der Waals surface area contributed by atoms with Gasteiger partial charge in [0.05, 0.1) is 25.6 Å². The van der Waals surface area contributed by atoms with E-state index in [0.29, 0.717) is 5.16 Å². The minimum Gasteiger partial charge on any atom is -0.497 e. The van der Waals surface area contributed by atoms with E-state index in [1.165, 1.54) is 11.8 Å². The summed E-state index contributed by atoms with van der Waals surface area (Å²) in [7, 11) is 3.29. The Morgan fingerprint density at radius 2 is 1.38 bits per heavy atom. The fourth-order valence-corrected chi connectivity index (χ4v) is 3.32. The lowest BCUT2D eigenvalue weighted by Crippen LogP contribution is -2.12. The second-order valence-corrected chi connectivity index (χ2v) is 7.86. The number of nitrogens with zero attached hydrogens (tertiary/aromatic N) is 1. The van der Waals surface area contributed by atoms with Gasteiger partial charge in [0.25, 0.3) is 0 Å². The molecule has 0 unspecified atom stereocenters. The molecule has 0 radical (unpaired) electrons. The molecule has 0 bridgehead atoms. The molecule has 3 rings (SSSR count). The summed E-state index contributed by atoms with van der Waals surface area (Å²) in [5.74, 6) is 1.59. The van der Waals surface area contributed by atoms with E-state index in [0.717, 1.165) is 34.0 Å². The van der Waals surface area contributed by atoms with Gasteiger partial charge >= 0.3 is 0 Å². The van der Waals surface area contributed by atoms with E-state index >= 15 is 0 Å². The van der Waals surface area contributed by atoms with Crippen LogP contribution in [-0.2, 0) is 0 Å². The highest BCUT2D eigenvalue weighted by molar-refractivity contribution is 8.00. The highest BCUT2D eigenvalue weighted by atomic mass is 32.2. The number of aliphatic hydroxyl groups is 1. The van der Waals surface area contributed by atoms with Crippen LogP contribution in [0.4, 0.5) is 0 Å². The normalized spacial score (nSPS) is 11.4. The Balaban J connectivity index is 2.07. The zero-order chi connectivity index (χ0) is 18.7. The smallest absolute Gasteiger partial charge is 0.169 e.